The molecular formula is C34H28N2O8S. The Morgan fingerprint density at radius 2 is 1.80 bits per heavy atom. The SMILES string of the molecule is CCOC(=O)C1=C(C)N=c2sc(=Cc3ccc(-c4ccc(C(=O)O)cc4)o3)c(=O)n2C1c1c(OC)ccc2ccc(OC)cc12. The van der Waals surface area contributed by atoms with Gasteiger partial charge in [0.2, 0.25) is 0 Å². The average Bonchev–Trinajstić information content (AvgIpc) is 3.63. The van der Waals surface area contributed by atoms with Crippen molar-refractivity contribution in [2.24, 2.45) is 4.99 Å². The Labute approximate surface area is 260 Å². The summed E-state index contributed by atoms with van der Waals surface area (Å²) >= 11 is 1.17. The van der Waals surface area contributed by atoms with Crippen LogP contribution < -0.4 is 24.4 Å². The number of thiazole rings is 1. The van der Waals surface area contributed by atoms with Crippen molar-refractivity contribution >= 4 is 40.1 Å². The van der Waals surface area contributed by atoms with E-state index in [0.29, 0.717) is 49.2 Å². The first-order valence-electron chi connectivity index (χ1n) is 14.0. The molecule has 0 saturated carbocycles. The molecule has 2 aromatic heterocycles. The van der Waals surface area contributed by atoms with Gasteiger partial charge in [0, 0.05) is 17.2 Å². The molecule has 1 N–H and O–H groups in total. The van der Waals surface area contributed by atoms with E-state index in [1.807, 2.05) is 30.3 Å². The molecule has 1 aliphatic rings. The molecule has 11 heteroatoms. The van der Waals surface area contributed by atoms with Crippen LogP contribution in [0.2, 0.25) is 0 Å². The van der Waals surface area contributed by atoms with Crippen LogP contribution in [0.3, 0.4) is 0 Å². The summed E-state index contributed by atoms with van der Waals surface area (Å²) in [5.41, 5.74) is 1.75. The maximum absolute atomic E-state index is 14.2. The number of hydrogen-bond acceptors (Lipinski definition) is 9. The van der Waals surface area contributed by atoms with Gasteiger partial charge in [-0.3, -0.25) is 9.36 Å². The standard InChI is InChI=1S/C34H28N2O8S/c1-5-43-33(40)28-18(2)35-34-36(30(28)29-24-16-22(41-3)12-10-19(24)11-14-26(29)42-4)31(37)27(45-34)17-23-13-15-25(44-23)20-6-8-21(9-7-20)32(38)39/h6-17,30H,5H2,1-4H3,(H,38,39). The predicted molar refractivity (Wildman–Crippen MR) is 169 cm³/mol. The third kappa shape index (κ3) is 5.31. The molecule has 1 aliphatic heterocycles. The maximum Gasteiger partial charge on any atom is 0.338 e. The molecule has 10 nitrogen and oxygen atoms in total. The molecule has 0 bridgehead atoms. The number of furan rings is 1. The van der Waals surface area contributed by atoms with E-state index in [1.54, 1.807) is 58.4 Å². The molecule has 45 heavy (non-hydrogen) atoms. The van der Waals surface area contributed by atoms with Crippen molar-refractivity contribution in [3.05, 3.63) is 115 Å². The van der Waals surface area contributed by atoms with E-state index in [9.17, 15) is 19.5 Å². The lowest BCUT2D eigenvalue weighted by Crippen LogP contribution is -2.40. The number of methoxy groups -OCH3 is 2. The third-order valence-electron chi connectivity index (χ3n) is 7.56. The first-order chi connectivity index (χ1) is 21.7. The number of rotatable bonds is 8. The summed E-state index contributed by atoms with van der Waals surface area (Å²) in [6, 6.07) is 18.2. The third-order valence-corrected chi connectivity index (χ3v) is 8.54. The highest BCUT2D eigenvalue weighted by atomic mass is 32.1. The van der Waals surface area contributed by atoms with Crippen LogP contribution in [-0.2, 0) is 9.53 Å². The van der Waals surface area contributed by atoms with E-state index < -0.39 is 18.0 Å². The molecule has 0 amide bonds. The summed E-state index contributed by atoms with van der Waals surface area (Å²) in [6.07, 6.45) is 1.63. The van der Waals surface area contributed by atoms with Crippen LogP contribution in [0, 0.1) is 0 Å². The van der Waals surface area contributed by atoms with Crippen LogP contribution in [0.5, 0.6) is 11.5 Å². The zero-order valence-corrected chi connectivity index (χ0v) is 25.6. The lowest BCUT2D eigenvalue weighted by Gasteiger charge is -2.27. The lowest BCUT2D eigenvalue weighted by molar-refractivity contribution is -0.139. The fourth-order valence-corrected chi connectivity index (χ4v) is 6.47. The number of carbonyl (C=O) groups excluding carboxylic acids is 1. The van der Waals surface area contributed by atoms with E-state index in [4.69, 9.17) is 18.6 Å². The smallest absolute Gasteiger partial charge is 0.338 e. The Morgan fingerprint density at radius 3 is 2.49 bits per heavy atom. The number of aromatic nitrogens is 1. The van der Waals surface area contributed by atoms with E-state index >= 15 is 0 Å². The molecule has 5 aromatic rings. The van der Waals surface area contributed by atoms with Crippen LogP contribution in [0.15, 0.2) is 92.2 Å². The van der Waals surface area contributed by atoms with Crippen molar-refractivity contribution < 1.29 is 33.3 Å². The van der Waals surface area contributed by atoms with Crippen LogP contribution >= 0.6 is 11.3 Å². The van der Waals surface area contributed by atoms with E-state index in [-0.39, 0.29) is 23.3 Å². The molecule has 3 aromatic carbocycles. The fourth-order valence-electron chi connectivity index (χ4n) is 5.45. The molecule has 3 heterocycles. The number of carbonyl (C=O) groups is 2. The molecule has 228 valence electrons. The van der Waals surface area contributed by atoms with Gasteiger partial charge in [-0.1, -0.05) is 35.6 Å². The second kappa shape index (κ2) is 11.9. The van der Waals surface area contributed by atoms with Gasteiger partial charge in [0.25, 0.3) is 5.56 Å². The molecule has 0 saturated heterocycles. The molecule has 1 atom stereocenters. The van der Waals surface area contributed by atoms with Crippen molar-refractivity contribution in [1.29, 1.82) is 0 Å². The van der Waals surface area contributed by atoms with Gasteiger partial charge in [0.05, 0.1) is 42.2 Å². The largest absolute Gasteiger partial charge is 0.497 e. The van der Waals surface area contributed by atoms with Gasteiger partial charge in [0.15, 0.2) is 4.80 Å². The molecule has 0 aliphatic carbocycles. The number of benzene rings is 3. The normalized spacial score (nSPS) is 14.7. The second-order valence-corrected chi connectivity index (χ2v) is 11.2. The topological polar surface area (TPSA) is 130 Å². The molecule has 6 rings (SSSR count). The first-order valence-corrected chi connectivity index (χ1v) is 14.8. The molecular weight excluding hydrogens is 596 g/mol. The van der Waals surface area contributed by atoms with Gasteiger partial charge < -0.3 is 23.7 Å². The Hall–Kier alpha value is -5.42. The quantitative estimate of drug-likeness (QED) is 0.241. The first kappa shape index (κ1) is 29.6. The summed E-state index contributed by atoms with van der Waals surface area (Å²) in [7, 11) is 3.11. The average molecular weight is 625 g/mol. The van der Waals surface area contributed by atoms with Crippen molar-refractivity contribution in [2.75, 3.05) is 20.8 Å². The molecule has 0 radical (unpaired) electrons. The Morgan fingerprint density at radius 1 is 1.04 bits per heavy atom. The van der Waals surface area contributed by atoms with Gasteiger partial charge >= 0.3 is 11.9 Å². The van der Waals surface area contributed by atoms with E-state index in [0.717, 1.165) is 10.8 Å². The highest BCUT2D eigenvalue weighted by Gasteiger charge is 2.36. The number of hydrogen-bond donors (Lipinski definition) is 1. The fraction of sp³-hybridized carbons (Fsp3) is 0.176. The Balaban J connectivity index is 1.55. The maximum atomic E-state index is 14.2. The Bertz CT molecular complexity index is 2180. The summed E-state index contributed by atoms with van der Waals surface area (Å²) in [4.78, 5) is 44.0. The predicted octanol–water partition coefficient (Wildman–Crippen LogP) is 4.93. The van der Waals surface area contributed by atoms with Gasteiger partial charge in [-0.15, -0.1) is 0 Å². The van der Waals surface area contributed by atoms with E-state index in [2.05, 4.69) is 4.99 Å². The molecule has 1 unspecified atom stereocenters. The molecule has 0 spiro atoms. The van der Waals surface area contributed by atoms with Crippen LogP contribution in [0.25, 0.3) is 28.2 Å². The zero-order chi connectivity index (χ0) is 31.8. The minimum absolute atomic E-state index is 0.146. The number of allylic oxidation sites excluding steroid dienone is 1. The monoisotopic (exact) mass is 624 g/mol. The minimum atomic E-state index is -1.02. The summed E-state index contributed by atoms with van der Waals surface area (Å²) in [6.45, 7) is 3.59. The highest BCUT2D eigenvalue weighted by Crippen LogP contribution is 2.41. The van der Waals surface area contributed by atoms with Gasteiger partial charge in [-0.25, -0.2) is 14.6 Å². The number of carboxylic acid groups (broad SMARTS) is 1. The second-order valence-electron chi connectivity index (χ2n) is 10.2. The van der Waals surface area contributed by atoms with E-state index in [1.165, 1.54) is 28.0 Å². The number of nitrogens with zero attached hydrogens (tertiary/aromatic N) is 2. The van der Waals surface area contributed by atoms with Crippen LogP contribution in [-0.4, -0.2) is 42.4 Å². The zero-order valence-electron chi connectivity index (χ0n) is 24.8. The summed E-state index contributed by atoms with van der Waals surface area (Å²) in [5, 5.41) is 10.8. The van der Waals surface area contributed by atoms with Crippen molar-refractivity contribution in [3.8, 4) is 22.8 Å². The number of carboxylic acids is 1. The summed E-state index contributed by atoms with van der Waals surface area (Å²) < 4.78 is 24.6. The number of ether oxygens (including phenoxy) is 3. The van der Waals surface area contributed by atoms with Crippen molar-refractivity contribution in [3.63, 3.8) is 0 Å². The summed E-state index contributed by atoms with van der Waals surface area (Å²) in [5.74, 6) is 0.425. The van der Waals surface area contributed by atoms with Crippen molar-refractivity contribution in [2.45, 2.75) is 19.9 Å². The van der Waals surface area contributed by atoms with Gasteiger partial charge in [0.1, 0.15) is 29.1 Å². The molecule has 0 fully saturated rings. The Kier molecular flexibility index (Phi) is 7.86. The van der Waals surface area contributed by atoms with Gasteiger partial charge in [-0.05, 0) is 67.1 Å². The van der Waals surface area contributed by atoms with Crippen LogP contribution in [0.1, 0.15) is 41.6 Å². The highest BCUT2D eigenvalue weighted by molar-refractivity contribution is 7.07. The number of fused-ring (bicyclic) bond motifs is 2. The number of esters is 1. The van der Waals surface area contributed by atoms with Crippen molar-refractivity contribution in [1.82, 2.24) is 4.57 Å². The lowest BCUT2D eigenvalue weighted by atomic mass is 9.90. The number of aromatic carboxylic acids is 1. The van der Waals surface area contributed by atoms with Crippen LogP contribution in [0.4, 0.5) is 0 Å². The minimum Gasteiger partial charge on any atom is -0.497 e. The van der Waals surface area contributed by atoms with Gasteiger partial charge in [-0.2, -0.15) is 0 Å².